The Balaban J connectivity index is 1.35. The van der Waals surface area contributed by atoms with Crippen LogP contribution < -0.4 is 0 Å². The van der Waals surface area contributed by atoms with Gasteiger partial charge >= 0.3 is 0 Å². The van der Waals surface area contributed by atoms with E-state index in [-0.39, 0.29) is 5.92 Å². The van der Waals surface area contributed by atoms with Crippen LogP contribution in [0.5, 0.6) is 0 Å². The van der Waals surface area contributed by atoms with E-state index in [1.807, 2.05) is 23.5 Å². The lowest BCUT2D eigenvalue weighted by Gasteiger charge is -2.18. The summed E-state index contributed by atoms with van der Waals surface area (Å²) < 4.78 is 0.359. The van der Waals surface area contributed by atoms with Gasteiger partial charge in [-0.1, -0.05) is 109 Å². The highest BCUT2D eigenvalue weighted by atomic mass is 32.2. The molecule has 0 fully saturated rings. The van der Waals surface area contributed by atoms with E-state index in [9.17, 15) is 4.79 Å². The number of hydrogen-bond donors (Lipinski definition) is 0. The molecule has 0 N–H and O–H groups in total. The Morgan fingerprint density at radius 2 is 0.946 bits per heavy atom. The summed E-state index contributed by atoms with van der Waals surface area (Å²) in [4.78, 5) is 16.0. The SMILES string of the molecule is O=C(SCCC(Sc1ccccc1)Sc1ccccc1)C(CCc1ccccc1)CCc1ccccc1. The average Bonchev–Trinajstić information content (AvgIpc) is 2.95. The van der Waals surface area contributed by atoms with E-state index in [2.05, 4.69) is 121 Å². The van der Waals surface area contributed by atoms with E-state index >= 15 is 0 Å². The van der Waals surface area contributed by atoms with Crippen molar-refractivity contribution in [3.05, 3.63) is 132 Å². The summed E-state index contributed by atoms with van der Waals surface area (Å²) in [5, 5.41) is 0.347. The van der Waals surface area contributed by atoms with Gasteiger partial charge < -0.3 is 0 Å². The first-order valence-electron chi connectivity index (χ1n) is 12.9. The van der Waals surface area contributed by atoms with Crippen LogP contribution in [0.3, 0.4) is 0 Å². The summed E-state index contributed by atoms with van der Waals surface area (Å²) in [5.74, 6) is 0.920. The van der Waals surface area contributed by atoms with Gasteiger partial charge in [0.05, 0.1) is 4.58 Å². The number of carbonyl (C=O) groups is 1. The molecule has 0 heterocycles. The fourth-order valence-corrected chi connectivity index (χ4v) is 8.06. The van der Waals surface area contributed by atoms with Crippen LogP contribution >= 0.6 is 35.3 Å². The van der Waals surface area contributed by atoms with Gasteiger partial charge in [-0.2, -0.15) is 0 Å². The molecule has 4 aromatic rings. The Hall–Kier alpha value is -2.40. The molecular formula is C33H34OS3. The predicted molar refractivity (Wildman–Crippen MR) is 163 cm³/mol. The molecule has 1 nitrogen and oxygen atoms in total. The van der Waals surface area contributed by atoms with Gasteiger partial charge in [0.25, 0.3) is 0 Å². The summed E-state index contributed by atoms with van der Waals surface area (Å²) >= 11 is 5.33. The standard InChI is InChI=1S/C33H34OS3/c34-33(29(23-21-27-13-5-1-6-14-27)24-22-28-15-7-2-8-16-28)35-26-25-32(36-30-17-9-3-10-18-30)37-31-19-11-4-12-20-31/h1-20,29,32H,21-26H2. The second-order valence-corrected chi connectivity index (χ2v) is 12.9. The van der Waals surface area contributed by atoms with Crippen molar-refractivity contribution < 1.29 is 4.79 Å². The second-order valence-electron chi connectivity index (χ2n) is 8.99. The first-order chi connectivity index (χ1) is 18.3. The lowest BCUT2D eigenvalue weighted by molar-refractivity contribution is -0.114. The van der Waals surface area contributed by atoms with Gasteiger partial charge in [0.15, 0.2) is 5.12 Å². The molecule has 0 bridgehead atoms. The molecule has 0 atom stereocenters. The number of hydrogen-bond acceptors (Lipinski definition) is 4. The van der Waals surface area contributed by atoms with Crippen molar-refractivity contribution in [1.29, 1.82) is 0 Å². The number of benzene rings is 4. The van der Waals surface area contributed by atoms with Crippen LogP contribution in [0, 0.1) is 5.92 Å². The maximum atomic E-state index is 13.4. The maximum Gasteiger partial charge on any atom is 0.192 e. The van der Waals surface area contributed by atoms with Crippen molar-refractivity contribution in [1.82, 2.24) is 0 Å². The molecule has 0 aliphatic carbocycles. The van der Waals surface area contributed by atoms with Crippen LogP contribution in [-0.2, 0) is 17.6 Å². The van der Waals surface area contributed by atoms with E-state index in [0.717, 1.165) is 37.9 Å². The van der Waals surface area contributed by atoms with Gasteiger partial charge in [0.1, 0.15) is 0 Å². The molecule has 0 spiro atoms. The van der Waals surface area contributed by atoms with Gasteiger partial charge in [0.2, 0.25) is 0 Å². The lowest BCUT2D eigenvalue weighted by Crippen LogP contribution is -2.15. The molecule has 190 valence electrons. The fraction of sp³-hybridized carbons (Fsp3) is 0.242. The number of carbonyl (C=O) groups excluding carboxylic acids is 1. The minimum Gasteiger partial charge on any atom is -0.287 e. The van der Waals surface area contributed by atoms with Crippen molar-refractivity contribution in [3.8, 4) is 0 Å². The summed E-state index contributed by atoms with van der Waals surface area (Å²) in [7, 11) is 0. The van der Waals surface area contributed by atoms with Gasteiger partial charge in [0, 0.05) is 21.5 Å². The Bertz CT molecular complexity index is 1080. The molecular weight excluding hydrogens is 509 g/mol. The fourth-order valence-electron chi connectivity index (χ4n) is 4.17. The summed E-state index contributed by atoms with van der Waals surface area (Å²) in [5.41, 5.74) is 2.62. The third kappa shape index (κ3) is 10.1. The Labute approximate surface area is 234 Å². The van der Waals surface area contributed by atoms with E-state index < -0.39 is 0 Å². The molecule has 0 amide bonds. The van der Waals surface area contributed by atoms with Gasteiger partial charge in [-0.3, -0.25) is 4.79 Å². The van der Waals surface area contributed by atoms with Crippen LogP contribution in [0.15, 0.2) is 131 Å². The highest BCUT2D eigenvalue weighted by molar-refractivity contribution is 8.17. The highest BCUT2D eigenvalue weighted by Gasteiger charge is 2.20. The van der Waals surface area contributed by atoms with Gasteiger partial charge in [-0.25, -0.2) is 0 Å². The van der Waals surface area contributed by atoms with E-state index in [4.69, 9.17) is 0 Å². The molecule has 37 heavy (non-hydrogen) atoms. The Kier molecular flexibility index (Phi) is 11.8. The Morgan fingerprint density at radius 1 is 0.541 bits per heavy atom. The summed E-state index contributed by atoms with van der Waals surface area (Å²) in [6.45, 7) is 0. The molecule has 4 rings (SSSR count). The van der Waals surface area contributed by atoms with Crippen molar-refractivity contribution in [2.24, 2.45) is 5.92 Å². The van der Waals surface area contributed by atoms with Crippen molar-refractivity contribution in [3.63, 3.8) is 0 Å². The topological polar surface area (TPSA) is 17.1 Å². The zero-order valence-electron chi connectivity index (χ0n) is 21.1. The Morgan fingerprint density at radius 3 is 1.38 bits per heavy atom. The zero-order chi connectivity index (χ0) is 25.5. The van der Waals surface area contributed by atoms with Crippen LogP contribution in [0.25, 0.3) is 0 Å². The summed E-state index contributed by atoms with van der Waals surface area (Å²) in [6, 6.07) is 42.3. The largest absolute Gasteiger partial charge is 0.287 e. The minimum atomic E-state index is 0.0763. The second kappa shape index (κ2) is 15.8. The van der Waals surface area contributed by atoms with E-state index in [1.165, 1.54) is 32.7 Å². The van der Waals surface area contributed by atoms with Crippen LogP contribution in [0.1, 0.15) is 30.4 Å². The minimum absolute atomic E-state index is 0.0763. The quantitative estimate of drug-likeness (QED) is 0.116. The molecule has 4 heteroatoms. The summed E-state index contributed by atoms with van der Waals surface area (Å²) in [6.07, 6.45) is 4.68. The smallest absolute Gasteiger partial charge is 0.192 e. The number of aryl methyl sites for hydroxylation is 2. The first kappa shape index (κ1) is 27.6. The van der Waals surface area contributed by atoms with Crippen LogP contribution in [0.2, 0.25) is 0 Å². The molecule has 0 unspecified atom stereocenters. The molecule has 0 radical (unpaired) electrons. The van der Waals surface area contributed by atoms with Crippen LogP contribution in [-0.4, -0.2) is 15.5 Å². The molecule has 0 aliphatic heterocycles. The molecule has 0 aromatic heterocycles. The third-order valence-corrected chi connectivity index (χ3v) is 9.92. The van der Waals surface area contributed by atoms with Crippen molar-refractivity contribution >= 4 is 40.4 Å². The first-order valence-corrected chi connectivity index (χ1v) is 15.7. The van der Waals surface area contributed by atoms with Crippen molar-refractivity contribution in [2.45, 2.75) is 46.5 Å². The maximum absolute atomic E-state index is 13.4. The van der Waals surface area contributed by atoms with Gasteiger partial charge in [-0.05, 0) is 67.5 Å². The average molecular weight is 543 g/mol. The number of rotatable bonds is 14. The molecule has 4 aromatic carbocycles. The van der Waals surface area contributed by atoms with E-state index in [1.54, 1.807) is 0 Å². The van der Waals surface area contributed by atoms with E-state index in [0.29, 0.717) is 9.70 Å². The third-order valence-electron chi connectivity index (χ3n) is 6.20. The normalized spacial score (nSPS) is 11.2. The highest BCUT2D eigenvalue weighted by Crippen LogP contribution is 2.38. The zero-order valence-corrected chi connectivity index (χ0v) is 23.5. The lowest BCUT2D eigenvalue weighted by atomic mass is 9.94. The molecule has 0 aliphatic rings. The molecule has 0 saturated carbocycles. The molecule has 0 saturated heterocycles. The number of thioether (sulfide) groups is 3. The van der Waals surface area contributed by atoms with Crippen molar-refractivity contribution in [2.75, 3.05) is 5.75 Å². The monoisotopic (exact) mass is 542 g/mol. The van der Waals surface area contributed by atoms with Crippen LogP contribution in [0.4, 0.5) is 0 Å². The van der Waals surface area contributed by atoms with Gasteiger partial charge in [-0.15, -0.1) is 23.5 Å². The predicted octanol–water partition coefficient (Wildman–Crippen LogP) is 9.43.